The van der Waals surface area contributed by atoms with Crippen LogP contribution in [0, 0.1) is 11.8 Å². The number of ether oxygens (including phenoxy) is 2. The molecule has 0 aliphatic carbocycles. The highest BCUT2D eigenvalue weighted by Gasteiger charge is 2.30. The van der Waals surface area contributed by atoms with Gasteiger partial charge in [0.05, 0.1) is 19.1 Å². The summed E-state index contributed by atoms with van der Waals surface area (Å²) in [4.78, 5) is 22.9. The number of carbonyl (C=O) groups is 2. The lowest BCUT2D eigenvalue weighted by molar-refractivity contribution is -0.160. The van der Waals surface area contributed by atoms with Crippen molar-refractivity contribution in [1.29, 1.82) is 0 Å². The molecule has 0 aromatic heterocycles. The Morgan fingerprint density at radius 1 is 1.32 bits per heavy atom. The molecule has 0 amide bonds. The number of aldehydes is 1. The Kier molecular flexibility index (Phi) is 6.13. The van der Waals surface area contributed by atoms with Gasteiger partial charge in [-0.1, -0.05) is 44.2 Å². The van der Waals surface area contributed by atoms with Crippen LogP contribution in [0.2, 0.25) is 0 Å². The smallest absolute Gasteiger partial charge is 0.308 e. The maximum absolute atomic E-state index is 12.0. The molecule has 4 heteroatoms. The molecule has 0 N–H and O–H groups in total. The van der Waals surface area contributed by atoms with Crippen LogP contribution in [0.3, 0.4) is 0 Å². The molecule has 1 aromatic rings. The van der Waals surface area contributed by atoms with E-state index < -0.39 is 0 Å². The molecule has 1 fully saturated rings. The molecule has 2 rings (SSSR count). The Hall–Kier alpha value is -1.68. The molecule has 0 spiro atoms. The first-order valence-electron chi connectivity index (χ1n) is 7.90. The Labute approximate surface area is 131 Å². The van der Waals surface area contributed by atoms with Crippen molar-refractivity contribution < 1.29 is 19.1 Å². The van der Waals surface area contributed by atoms with E-state index in [1.165, 1.54) is 0 Å². The number of carbonyl (C=O) groups excluding carboxylic acids is 2. The van der Waals surface area contributed by atoms with Crippen LogP contribution in [0.15, 0.2) is 30.3 Å². The van der Waals surface area contributed by atoms with Crippen LogP contribution in [0.1, 0.15) is 38.7 Å². The molecular weight excluding hydrogens is 280 g/mol. The van der Waals surface area contributed by atoms with E-state index in [9.17, 15) is 9.59 Å². The molecule has 1 aliphatic heterocycles. The number of benzene rings is 1. The SMILES string of the molecule is C[C@H](C=O)[C@@H]1CC[C@H](C)[C@H](OCc2ccccc2)CC(=O)O1. The van der Waals surface area contributed by atoms with Gasteiger partial charge in [0.2, 0.25) is 0 Å². The standard InChI is InChI=1S/C18H24O4/c1-13-8-9-16(14(2)11-19)22-18(20)10-17(13)21-12-15-6-4-3-5-7-15/h3-7,11,13-14,16-17H,8-10,12H2,1-2H3/t13-,14+,16-,17+/m0/s1. The van der Waals surface area contributed by atoms with Crippen LogP contribution < -0.4 is 0 Å². The van der Waals surface area contributed by atoms with E-state index in [-0.39, 0.29) is 36.4 Å². The fraction of sp³-hybridized carbons (Fsp3) is 0.556. The third-order valence-electron chi connectivity index (χ3n) is 4.30. The summed E-state index contributed by atoms with van der Waals surface area (Å²) in [7, 11) is 0. The quantitative estimate of drug-likeness (QED) is 0.619. The molecule has 22 heavy (non-hydrogen) atoms. The second-order valence-corrected chi connectivity index (χ2v) is 6.12. The molecule has 1 aliphatic rings. The van der Waals surface area contributed by atoms with E-state index in [1.807, 2.05) is 30.3 Å². The van der Waals surface area contributed by atoms with E-state index in [1.54, 1.807) is 6.92 Å². The fourth-order valence-corrected chi connectivity index (χ4v) is 2.71. The second kappa shape index (κ2) is 8.08. The van der Waals surface area contributed by atoms with Gasteiger partial charge in [0.15, 0.2) is 0 Å². The van der Waals surface area contributed by atoms with Gasteiger partial charge in [-0.15, -0.1) is 0 Å². The average molecular weight is 304 g/mol. The molecule has 1 heterocycles. The first-order valence-corrected chi connectivity index (χ1v) is 7.90. The van der Waals surface area contributed by atoms with Crippen molar-refractivity contribution in [3.05, 3.63) is 35.9 Å². The maximum atomic E-state index is 12.0. The largest absolute Gasteiger partial charge is 0.462 e. The highest BCUT2D eigenvalue weighted by atomic mass is 16.5. The van der Waals surface area contributed by atoms with Gasteiger partial charge in [-0.3, -0.25) is 4.79 Å². The fourth-order valence-electron chi connectivity index (χ4n) is 2.71. The second-order valence-electron chi connectivity index (χ2n) is 6.12. The van der Waals surface area contributed by atoms with Gasteiger partial charge in [0, 0.05) is 5.92 Å². The molecule has 1 saturated heterocycles. The van der Waals surface area contributed by atoms with Gasteiger partial charge in [-0.25, -0.2) is 0 Å². The van der Waals surface area contributed by atoms with Crippen molar-refractivity contribution in [2.24, 2.45) is 11.8 Å². The molecule has 120 valence electrons. The van der Waals surface area contributed by atoms with Crippen LogP contribution in [-0.2, 0) is 25.7 Å². The molecule has 0 radical (unpaired) electrons. The Morgan fingerprint density at radius 2 is 2.05 bits per heavy atom. The Morgan fingerprint density at radius 3 is 2.73 bits per heavy atom. The molecule has 1 aromatic carbocycles. The van der Waals surface area contributed by atoms with Crippen molar-refractivity contribution >= 4 is 12.3 Å². The minimum atomic E-state index is -0.303. The molecular formula is C18H24O4. The number of cyclic esters (lactones) is 1. The van der Waals surface area contributed by atoms with E-state index in [0.717, 1.165) is 18.3 Å². The number of esters is 1. The predicted molar refractivity (Wildman–Crippen MR) is 83.1 cm³/mol. The lowest BCUT2D eigenvalue weighted by Gasteiger charge is -2.30. The summed E-state index contributed by atoms with van der Waals surface area (Å²) in [5.74, 6) is -0.265. The summed E-state index contributed by atoms with van der Waals surface area (Å²) in [6.07, 6.45) is 2.25. The highest BCUT2D eigenvalue weighted by Crippen LogP contribution is 2.26. The highest BCUT2D eigenvalue weighted by molar-refractivity contribution is 5.71. The van der Waals surface area contributed by atoms with Crippen molar-refractivity contribution in [2.75, 3.05) is 0 Å². The van der Waals surface area contributed by atoms with Crippen molar-refractivity contribution in [3.63, 3.8) is 0 Å². The summed E-state index contributed by atoms with van der Waals surface area (Å²) in [5.41, 5.74) is 1.09. The molecule has 0 bridgehead atoms. The van der Waals surface area contributed by atoms with Crippen molar-refractivity contribution in [2.45, 2.75) is 51.9 Å². The zero-order valence-electron chi connectivity index (χ0n) is 13.2. The summed E-state index contributed by atoms with van der Waals surface area (Å²) in [6, 6.07) is 9.93. The number of hydrogen-bond donors (Lipinski definition) is 0. The van der Waals surface area contributed by atoms with Crippen LogP contribution in [0.5, 0.6) is 0 Å². The Bertz CT molecular complexity index is 485. The van der Waals surface area contributed by atoms with Crippen molar-refractivity contribution in [1.82, 2.24) is 0 Å². The zero-order valence-corrected chi connectivity index (χ0v) is 13.2. The Balaban J connectivity index is 1.93. The number of rotatable bonds is 5. The third-order valence-corrected chi connectivity index (χ3v) is 4.30. The molecule has 0 saturated carbocycles. The maximum Gasteiger partial charge on any atom is 0.308 e. The third kappa shape index (κ3) is 4.67. The van der Waals surface area contributed by atoms with Crippen molar-refractivity contribution in [3.8, 4) is 0 Å². The monoisotopic (exact) mass is 304 g/mol. The molecule has 0 unspecified atom stereocenters. The summed E-state index contributed by atoms with van der Waals surface area (Å²) in [5, 5.41) is 0. The normalized spacial score (nSPS) is 27.4. The zero-order chi connectivity index (χ0) is 15.9. The van der Waals surface area contributed by atoms with Gasteiger partial charge < -0.3 is 14.3 Å². The first kappa shape index (κ1) is 16.7. The minimum Gasteiger partial charge on any atom is -0.462 e. The summed E-state index contributed by atoms with van der Waals surface area (Å²) >= 11 is 0. The number of hydrogen-bond acceptors (Lipinski definition) is 4. The topological polar surface area (TPSA) is 52.6 Å². The minimum absolute atomic E-state index is 0.139. The van der Waals surface area contributed by atoms with E-state index in [2.05, 4.69) is 6.92 Å². The molecule has 4 nitrogen and oxygen atoms in total. The summed E-state index contributed by atoms with van der Waals surface area (Å²) < 4.78 is 11.4. The van der Waals surface area contributed by atoms with Gasteiger partial charge in [-0.2, -0.15) is 0 Å². The first-order chi connectivity index (χ1) is 10.6. The predicted octanol–water partition coefficient (Wildman–Crippen LogP) is 3.14. The average Bonchev–Trinajstić information content (AvgIpc) is 2.53. The van der Waals surface area contributed by atoms with Crippen LogP contribution in [0.4, 0.5) is 0 Å². The van der Waals surface area contributed by atoms with Crippen LogP contribution in [-0.4, -0.2) is 24.5 Å². The van der Waals surface area contributed by atoms with Gasteiger partial charge in [0.1, 0.15) is 12.4 Å². The lowest BCUT2D eigenvalue weighted by atomic mass is 9.90. The van der Waals surface area contributed by atoms with Gasteiger partial charge >= 0.3 is 5.97 Å². The molecule has 4 atom stereocenters. The van der Waals surface area contributed by atoms with Crippen LogP contribution >= 0.6 is 0 Å². The van der Waals surface area contributed by atoms with E-state index in [4.69, 9.17) is 9.47 Å². The van der Waals surface area contributed by atoms with E-state index in [0.29, 0.717) is 13.0 Å². The van der Waals surface area contributed by atoms with Gasteiger partial charge in [0.25, 0.3) is 0 Å². The van der Waals surface area contributed by atoms with E-state index >= 15 is 0 Å². The lowest BCUT2D eigenvalue weighted by Crippen LogP contribution is -2.35. The van der Waals surface area contributed by atoms with Crippen LogP contribution in [0.25, 0.3) is 0 Å². The van der Waals surface area contributed by atoms with Gasteiger partial charge in [-0.05, 0) is 24.3 Å². The summed E-state index contributed by atoms with van der Waals surface area (Å²) in [6.45, 7) is 4.38.